The van der Waals surface area contributed by atoms with Crippen molar-refractivity contribution in [3.63, 3.8) is 0 Å². The summed E-state index contributed by atoms with van der Waals surface area (Å²) in [4.78, 5) is 29.5. The molecule has 1 aromatic rings. The zero-order valence-corrected chi connectivity index (χ0v) is 12.7. The summed E-state index contributed by atoms with van der Waals surface area (Å²) in [6.45, 7) is 4.21. The molecule has 21 heavy (non-hydrogen) atoms. The van der Waals surface area contributed by atoms with Gasteiger partial charge in [0.25, 0.3) is 5.91 Å². The Hall–Kier alpha value is -1.82. The molecule has 0 spiro atoms. The monoisotopic (exact) mass is 310 g/mol. The van der Waals surface area contributed by atoms with Gasteiger partial charge in [-0.05, 0) is 12.5 Å². The number of amides is 2. The maximum Gasteiger partial charge on any atom is 0.255 e. The molecule has 2 amide bonds. The van der Waals surface area contributed by atoms with E-state index in [-0.39, 0.29) is 11.8 Å². The van der Waals surface area contributed by atoms with Gasteiger partial charge in [0.15, 0.2) is 0 Å². The number of carbonyl (C=O) groups is 2. The van der Waals surface area contributed by atoms with Crippen LogP contribution in [-0.4, -0.2) is 47.9 Å². The average Bonchev–Trinajstić information content (AvgIpc) is 2.70. The van der Waals surface area contributed by atoms with Gasteiger partial charge in [-0.15, -0.1) is 0 Å². The Bertz CT molecular complexity index is 536. The quantitative estimate of drug-likeness (QED) is 0.884. The lowest BCUT2D eigenvalue weighted by atomic mass is 10.2. The Kier molecular flexibility index (Phi) is 5.38. The van der Waals surface area contributed by atoms with Crippen LogP contribution in [0.15, 0.2) is 12.3 Å². The van der Waals surface area contributed by atoms with E-state index in [4.69, 9.17) is 11.6 Å². The number of carbonyl (C=O) groups excluding carboxylic acids is 2. The van der Waals surface area contributed by atoms with Gasteiger partial charge in [0.05, 0.1) is 10.6 Å². The minimum Gasteiger partial charge on any atom is -0.369 e. The second-order valence-electron chi connectivity index (χ2n) is 4.87. The first-order valence-corrected chi connectivity index (χ1v) is 7.45. The highest BCUT2D eigenvalue weighted by Crippen LogP contribution is 2.21. The number of aromatic nitrogens is 1. The SMILES string of the molecule is CCCNc1ncc(C(=O)N2CCNC(=O)CC2)cc1Cl. The number of rotatable bonds is 4. The summed E-state index contributed by atoms with van der Waals surface area (Å²) >= 11 is 6.14. The lowest BCUT2D eigenvalue weighted by molar-refractivity contribution is -0.120. The fraction of sp³-hybridized carbons (Fsp3) is 0.500. The van der Waals surface area contributed by atoms with Gasteiger partial charge < -0.3 is 15.5 Å². The van der Waals surface area contributed by atoms with Crippen LogP contribution < -0.4 is 10.6 Å². The molecule has 7 heteroatoms. The fourth-order valence-corrected chi connectivity index (χ4v) is 2.31. The van der Waals surface area contributed by atoms with Gasteiger partial charge >= 0.3 is 0 Å². The van der Waals surface area contributed by atoms with Gasteiger partial charge in [-0.2, -0.15) is 0 Å². The molecule has 1 fully saturated rings. The maximum absolute atomic E-state index is 12.4. The van der Waals surface area contributed by atoms with E-state index in [0.717, 1.165) is 13.0 Å². The van der Waals surface area contributed by atoms with E-state index in [9.17, 15) is 9.59 Å². The molecule has 6 nitrogen and oxygen atoms in total. The number of nitrogens with one attached hydrogen (secondary N) is 2. The predicted octanol–water partition coefficient (Wildman–Crippen LogP) is 1.52. The van der Waals surface area contributed by atoms with Crippen molar-refractivity contribution in [1.82, 2.24) is 15.2 Å². The van der Waals surface area contributed by atoms with Crippen molar-refractivity contribution in [2.24, 2.45) is 0 Å². The predicted molar refractivity (Wildman–Crippen MR) is 81.6 cm³/mol. The molecule has 2 heterocycles. The van der Waals surface area contributed by atoms with Crippen LogP contribution in [0.2, 0.25) is 5.02 Å². The lowest BCUT2D eigenvalue weighted by Crippen LogP contribution is -2.34. The summed E-state index contributed by atoms with van der Waals surface area (Å²) in [5.74, 6) is 0.409. The molecule has 1 aliphatic heterocycles. The van der Waals surface area contributed by atoms with Crippen LogP contribution in [0.5, 0.6) is 0 Å². The molecule has 1 aromatic heterocycles. The molecule has 114 valence electrons. The van der Waals surface area contributed by atoms with Crippen molar-refractivity contribution in [1.29, 1.82) is 0 Å². The molecule has 0 radical (unpaired) electrons. The first-order chi connectivity index (χ1) is 10.1. The summed E-state index contributed by atoms with van der Waals surface area (Å²) in [5.41, 5.74) is 0.441. The van der Waals surface area contributed by atoms with Crippen LogP contribution in [0.25, 0.3) is 0 Å². The number of hydrogen-bond donors (Lipinski definition) is 2. The Labute approximate surface area is 128 Å². The topological polar surface area (TPSA) is 74.3 Å². The fourth-order valence-electron chi connectivity index (χ4n) is 2.08. The summed E-state index contributed by atoms with van der Waals surface area (Å²) in [7, 11) is 0. The van der Waals surface area contributed by atoms with E-state index in [1.165, 1.54) is 6.20 Å². The molecule has 2 rings (SSSR count). The smallest absolute Gasteiger partial charge is 0.255 e. The lowest BCUT2D eigenvalue weighted by Gasteiger charge is -2.19. The van der Waals surface area contributed by atoms with Gasteiger partial charge in [0.1, 0.15) is 5.82 Å². The molecule has 0 atom stereocenters. The van der Waals surface area contributed by atoms with Gasteiger partial charge in [0.2, 0.25) is 5.91 Å². The molecular weight excluding hydrogens is 292 g/mol. The first-order valence-electron chi connectivity index (χ1n) is 7.07. The van der Waals surface area contributed by atoms with E-state index < -0.39 is 0 Å². The van der Waals surface area contributed by atoms with Crippen LogP contribution >= 0.6 is 11.6 Å². The van der Waals surface area contributed by atoms with Gasteiger partial charge in [-0.1, -0.05) is 18.5 Å². The molecular formula is C14H19ClN4O2. The van der Waals surface area contributed by atoms with Crippen LogP contribution in [-0.2, 0) is 4.79 Å². The van der Waals surface area contributed by atoms with Crippen molar-refractivity contribution in [2.75, 3.05) is 31.5 Å². The number of anilines is 1. The Morgan fingerprint density at radius 1 is 1.52 bits per heavy atom. The Morgan fingerprint density at radius 3 is 3.05 bits per heavy atom. The van der Waals surface area contributed by atoms with Gasteiger partial charge in [0, 0.05) is 38.8 Å². The normalized spacial score (nSPS) is 15.3. The zero-order valence-electron chi connectivity index (χ0n) is 12.0. The standard InChI is InChI=1S/C14H19ClN4O2/c1-2-4-17-13-11(15)8-10(9-18-13)14(21)19-6-3-12(20)16-5-7-19/h8-9H,2-7H2,1H3,(H,16,20)(H,17,18). The molecule has 0 bridgehead atoms. The van der Waals surface area contributed by atoms with Gasteiger partial charge in [-0.25, -0.2) is 4.98 Å². The van der Waals surface area contributed by atoms with Crippen molar-refractivity contribution < 1.29 is 9.59 Å². The Balaban J connectivity index is 2.08. The highest BCUT2D eigenvalue weighted by Gasteiger charge is 2.20. The minimum absolute atomic E-state index is 0.0272. The summed E-state index contributed by atoms with van der Waals surface area (Å²) < 4.78 is 0. The molecule has 1 saturated heterocycles. The summed E-state index contributed by atoms with van der Waals surface area (Å²) in [6.07, 6.45) is 2.81. The largest absolute Gasteiger partial charge is 0.369 e. The highest BCUT2D eigenvalue weighted by molar-refractivity contribution is 6.33. The average molecular weight is 311 g/mol. The van der Waals surface area contributed by atoms with Gasteiger partial charge in [-0.3, -0.25) is 9.59 Å². The van der Waals surface area contributed by atoms with E-state index in [0.29, 0.717) is 42.5 Å². The zero-order chi connectivity index (χ0) is 15.2. The van der Waals surface area contributed by atoms with Crippen molar-refractivity contribution in [2.45, 2.75) is 19.8 Å². The number of hydrogen-bond acceptors (Lipinski definition) is 4. The van der Waals surface area contributed by atoms with Crippen molar-refractivity contribution >= 4 is 29.2 Å². The molecule has 2 N–H and O–H groups in total. The minimum atomic E-state index is -0.150. The second kappa shape index (κ2) is 7.26. The van der Waals surface area contributed by atoms with E-state index in [1.807, 2.05) is 6.92 Å². The van der Waals surface area contributed by atoms with Crippen LogP contribution in [0, 0.1) is 0 Å². The highest BCUT2D eigenvalue weighted by atomic mass is 35.5. The third kappa shape index (κ3) is 4.07. The van der Waals surface area contributed by atoms with E-state index in [1.54, 1.807) is 11.0 Å². The molecule has 0 saturated carbocycles. The van der Waals surface area contributed by atoms with Crippen molar-refractivity contribution in [3.05, 3.63) is 22.8 Å². The van der Waals surface area contributed by atoms with Crippen molar-refractivity contribution in [3.8, 4) is 0 Å². The third-order valence-electron chi connectivity index (χ3n) is 3.23. The Morgan fingerprint density at radius 2 is 2.33 bits per heavy atom. The molecule has 1 aliphatic rings. The molecule has 0 unspecified atom stereocenters. The number of nitrogens with zero attached hydrogens (tertiary/aromatic N) is 2. The van der Waals surface area contributed by atoms with E-state index >= 15 is 0 Å². The van der Waals surface area contributed by atoms with Crippen LogP contribution in [0.3, 0.4) is 0 Å². The second-order valence-corrected chi connectivity index (χ2v) is 5.28. The third-order valence-corrected chi connectivity index (χ3v) is 3.52. The van der Waals surface area contributed by atoms with Crippen LogP contribution in [0.1, 0.15) is 30.1 Å². The summed E-state index contributed by atoms with van der Waals surface area (Å²) in [5, 5.41) is 6.27. The first kappa shape index (κ1) is 15.6. The van der Waals surface area contributed by atoms with E-state index in [2.05, 4.69) is 15.6 Å². The molecule has 0 aromatic carbocycles. The van der Waals surface area contributed by atoms with Crippen LogP contribution in [0.4, 0.5) is 5.82 Å². The number of pyridine rings is 1. The number of halogens is 1. The maximum atomic E-state index is 12.4. The molecule has 0 aliphatic carbocycles. The summed E-state index contributed by atoms with van der Waals surface area (Å²) in [6, 6.07) is 1.62.